The largest absolute Gasteiger partial charge is 0.624 e. The van der Waals surface area contributed by atoms with Crippen LogP contribution >= 0.6 is 11.8 Å². The number of ether oxygens (including phenoxy) is 1. The maximum absolute atomic E-state index is 12.2. The molecule has 2 heterocycles. The summed E-state index contributed by atoms with van der Waals surface area (Å²) in [7, 11) is 0. The van der Waals surface area contributed by atoms with Crippen molar-refractivity contribution in [2.24, 2.45) is 10.7 Å². The third-order valence-corrected chi connectivity index (χ3v) is 3.47. The van der Waals surface area contributed by atoms with E-state index in [1.165, 1.54) is 18.1 Å². The number of hydroxylamine groups is 3. The molecule has 2 aliphatic rings. The van der Waals surface area contributed by atoms with Gasteiger partial charge in [0.25, 0.3) is 0 Å². The zero-order valence-electron chi connectivity index (χ0n) is 8.07. The van der Waals surface area contributed by atoms with Gasteiger partial charge >= 0.3 is 0 Å². The minimum Gasteiger partial charge on any atom is -0.624 e. The molecule has 0 aromatic rings. The van der Waals surface area contributed by atoms with Crippen LogP contribution in [0.2, 0.25) is 0 Å². The summed E-state index contributed by atoms with van der Waals surface area (Å²) in [5, 5.41) is 21.1. The fourth-order valence-electron chi connectivity index (χ4n) is 1.46. The molecule has 3 atom stereocenters. The first-order valence-corrected chi connectivity index (χ1v) is 5.66. The lowest BCUT2D eigenvalue weighted by Gasteiger charge is -2.42. The molecule has 15 heavy (non-hydrogen) atoms. The molecule has 0 radical (unpaired) electrons. The number of hydrogen-bond acceptors (Lipinski definition) is 6. The predicted molar refractivity (Wildman–Crippen MR) is 57.5 cm³/mol. The van der Waals surface area contributed by atoms with E-state index in [0.717, 1.165) is 0 Å². The van der Waals surface area contributed by atoms with Gasteiger partial charge < -0.3 is 20.8 Å². The van der Waals surface area contributed by atoms with Crippen molar-refractivity contribution < 1.29 is 14.5 Å². The minimum atomic E-state index is -0.649. The second kappa shape index (κ2) is 4.11. The summed E-state index contributed by atoms with van der Waals surface area (Å²) in [5.74, 6) is 0.929. The summed E-state index contributed by atoms with van der Waals surface area (Å²) in [4.78, 5) is 3.80. The summed E-state index contributed by atoms with van der Waals surface area (Å²) >= 11 is 1.44. The van der Waals surface area contributed by atoms with Crippen LogP contribution in [-0.4, -0.2) is 46.7 Å². The Hall–Kier alpha value is -0.600. The van der Waals surface area contributed by atoms with Crippen molar-refractivity contribution in [3.05, 3.63) is 17.1 Å². The molecule has 84 valence electrons. The summed E-state index contributed by atoms with van der Waals surface area (Å²) in [6, 6.07) is 0. The molecule has 1 unspecified atom stereocenters. The van der Waals surface area contributed by atoms with Crippen molar-refractivity contribution in [2.75, 3.05) is 18.9 Å². The highest BCUT2D eigenvalue weighted by Gasteiger charge is 2.37. The highest BCUT2D eigenvalue weighted by atomic mass is 32.2. The van der Waals surface area contributed by atoms with E-state index in [4.69, 9.17) is 15.6 Å². The molecule has 0 amide bonds. The van der Waals surface area contributed by atoms with Gasteiger partial charge in [-0.1, -0.05) is 0 Å². The average molecular weight is 231 g/mol. The number of aliphatic hydroxyl groups is 1. The second-order valence-electron chi connectivity index (χ2n) is 3.45. The molecule has 2 aliphatic heterocycles. The van der Waals surface area contributed by atoms with Gasteiger partial charge in [0, 0.05) is 6.08 Å². The smallest absolute Gasteiger partial charge is 0.209 e. The third kappa shape index (κ3) is 2.16. The van der Waals surface area contributed by atoms with Gasteiger partial charge in [-0.25, -0.2) is 0 Å². The Balaban J connectivity index is 2.03. The van der Waals surface area contributed by atoms with Gasteiger partial charge in [-0.05, 0) is 0 Å². The van der Waals surface area contributed by atoms with E-state index in [1.807, 2.05) is 0 Å². The van der Waals surface area contributed by atoms with Crippen molar-refractivity contribution in [1.82, 2.24) is 0 Å². The molecule has 6 nitrogen and oxygen atoms in total. The number of rotatable bonds is 2. The monoisotopic (exact) mass is 231 g/mol. The summed E-state index contributed by atoms with van der Waals surface area (Å²) in [6.45, 7) is 0.162. The van der Waals surface area contributed by atoms with Crippen LogP contribution in [0.25, 0.3) is 0 Å². The highest BCUT2D eigenvalue weighted by molar-refractivity contribution is 8.00. The number of aliphatic imine (C=N–C) groups is 1. The maximum atomic E-state index is 12.2. The number of thioether (sulfide) groups is 1. The van der Waals surface area contributed by atoms with Crippen molar-refractivity contribution >= 4 is 18.1 Å². The molecule has 7 heteroatoms. The quantitative estimate of drug-likeness (QED) is 0.496. The highest BCUT2D eigenvalue weighted by Crippen LogP contribution is 2.30. The van der Waals surface area contributed by atoms with Crippen molar-refractivity contribution in [3.63, 3.8) is 0 Å². The number of nitrogens with two attached hydrogens (primary N) is 1. The molecule has 3 N–H and O–H groups in total. The van der Waals surface area contributed by atoms with Gasteiger partial charge in [0.1, 0.15) is 17.8 Å². The van der Waals surface area contributed by atoms with Crippen LogP contribution in [0, 0.1) is 5.21 Å². The van der Waals surface area contributed by atoms with E-state index < -0.39 is 10.9 Å². The van der Waals surface area contributed by atoms with Gasteiger partial charge in [0.15, 0.2) is 6.34 Å². The first kappa shape index (κ1) is 10.9. The van der Waals surface area contributed by atoms with E-state index in [2.05, 4.69) is 4.99 Å². The van der Waals surface area contributed by atoms with E-state index in [9.17, 15) is 5.21 Å². The Kier molecular flexibility index (Phi) is 2.98. The van der Waals surface area contributed by atoms with E-state index in [0.29, 0.717) is 11.6 Å². The van der Waals surface area contributed by atoms with Gasteiger partial charge in [-0.2, -0.15) is 4.99 Å². The molecule has 1 fully saturated rings. The first-order valence-electron chi connectivity index (χ1n) is 4.61. The molecule has 0 aromatic carbocycles. The molecule has 0 bridgehead atoms. The summed E-state index contributed by atoms with van der Waals surface area (Å²) in [5.41, 5.74) is 5.14. The third-order valence-electron chi connectivity index (χ3n) is 2.36. The van der Waals surface area contributed by atoms with Crippen molar-refractivity contribution in [3.8, 4) is 0 Å². The van der Waals surface area contributed by atoms with E-state index >= 15 is 0 Å². The van der Waals surface area contributed by atoms with Crippen LogP contribution in [0.1, 0.15) is 0 Å². The Labute approximate surface area is 91.6 Å². The van der Waals surface area contributed by atoms with Crippen molar-refractivity contribution in [2.45, 2.75) is 11.7 Å². The number of quaternary nitrogens is 1. The SMILES string of the molecule is NC1=CC[N+]([O-])([C@H]2CS[C@@H](CO)O2)C=N1. The van der Waals surface area contributed by atoms with Crippen LogP contribution in [0.3, 0.4) is 0 Å². The van der Waals surface area contributed by atoms with E-state index in [-0.39, 0.29) is 18.6 Å². The second-order valence-corrected chi connectivity index (χ2v) is 4.64. The molecule has 0 saturated carbocycles. The number of nitrogens with zero attached hydrogens (tertiary/aromatic N) is 2. The first-order chi connectivity index (χ1) is 7.14. The Morgan fingerprint density at radius 3 is 3.13 bits per heavy atom. The zero-order valence-corrected chi connectivity index (χ0v) is 8.89. The predicted octanol–water partition coefficient (Wildman–Crippen LogP) is -0.449. The summed E-state index contributed by atoms with van der Waals surface area (Å²) < 4.78 is 4.75. The molecule has 0 aromatic heterocycles. The standard InChI is InChI=1S/C8H13N3O3S/c9-6-1-2-11(13,5-10-6)7-4-15-8(3-12)14-7/h1,5,7-8,12H,2-4,9H2/t7-,8+,11?/m1/s1. The summed E-state index contributed by atoms with van der Waals surface area (Å²) in [6.07, 6.45) is 2.36. The average Bonchev–Trinajstić information content (AvgIpc) is 2.72. The van der Waals surface area contributed by atoms with Crippen LogP contribution in [0.5, 0.6) is 0 Å². The Morgan fingerprint density at radius 2 is 2.60 bits per heavy atom. The van der Waals surface area contributed by atoms with Crippen LogP contribution in [0.15, 0.2) is 16.9 Å². The molecule has 2 rings (SSSR count). The van der Waals surface area contributed by atoms with Crippen LogP contribution < -0.4 is 5.73 Å². The lowest BCUT2D eigenvalue weighted by molar-refractivity contribution is -0.829. The van der Waals surface area contributed by atoms with Crippen LogP contribution in [-0.2, 0) is 4.74 Å². The zero-order chi connectivity index (χ0) is 10.9. The maximum Gasteiger partial charge on any atom is 0.209 e. The minimum absolute atomic E-state index is 0.0731. The van der Waals surface area contributed by atoms with Gasteiger partial charge in [-0.15, -0.1) is 11.8 Å². The molecule has 0 aliphatic carbocycles. The van der Waals surface area contributed by atoms with Crippen molar-refractivity contribution in [1.29, 1.82) is 0 Å². The van der Waals surface area contributed by atoms with E-state index in [1.54, 1.807) is 6.08 Å². The Morgan fingerprint density at radius 1 is 1.80 bits per heavy atom. The fraction of sp³-hybridized carbons (Fsp3) is 0.625. The Bertz CT molecular complexity index is 310. The topological polar surface area (TPSA) is 90.9 Å². The molecule has 1 saturated heterocycles. The van der Waals surface area contributed by atoms with Gasteiger partial charge in [-0.3, -0.25) is 4.65 Å². The molecule has 0 spiro atoms. The molecular weight excluding hydrogens is 218 g/mol. The lowest BCUT2D eigenvalue weighted by Crippen LogP contribution is -2.52. The van der Waals surface area contributed by atoms with Gasteiger partial charge in [0.05, 0.1) is 12.4 Å². The number of hydrogen-bond donors (Lipinski definition) is 2. The number of aliphatic hydroxyl groups excluding tert-OH is 1. The normalized spacial score (nSPS) is 40.5. The lowest BCUT2D eigenvalue weighted by atomic mass is 10.4. The fourth-order valence-corrected chi connectivity index (χ4v) is 2.48. The van der Waals surface area contributed by atoms with Crippen LogP contribution in [0.4, 0.5) is 0 Å². The molecular formula is C8H13N3O3S. The van der Waals surface area contributed by atoms with Gasteiger partial charge in [0.2, 0.25) is 6.23 Å².